The molecule has 5 nitrogen and oxygen atoms in total. The molecule has 6 heteroatoms. The van der Waals surface area contributed by atoms with E-state index >= 15 is 0 Å². The smallest absolute Gasteiger partial charge is 0.237 e. The van der Waals surface area contributed by atoms with Crippen molar-refractivity contribution in [1.29, 1.82) is 0 Å². The zero-order chi connectivity index (χ0) is 17.4. The first-order valence-electron chi connectivity index (χ1n) is 9.33. The molecule has 1 saturated carbocycles. The normalized spacial score (nSPS) is 27.7. The number of halogens is 1. The van der Waals surface area contributed by atoms with Crippen LogP contribution in [0.2, 0.25) is 0 Å². The van der Waals surface area contributed by atoms with Crippen molar-refractivity contribution in [2.24, 2.45) is 11.8 Å². The van der Waals surface area contributed by atoms with E-state index in [9.17, 15) is 14.0 Å². The molecule has 1 aromatic rings. The summed E-state index contributed by atoms with van der Waals surface area (Å²) in [7, 11) is 0. The number of amides is 2. The number of carbonyl (C=O) groups is 2. The summed E-state index contributed by atoms with van der Waals surface area (Å²) in [4.78, 5) is 30.0. The molecule has 3 fully saturated rings. The fraction of sp³-hybridized carbons (Fsp3) is 0.579. The molecule has 3 aliphatic rings. The minimum Gasteiger partial charge on any atom is -0.358 e. The van der Waals surface area contributed by atoms with Gasteiger partial charge in [-0.3, -0.25) is 9.59 Å². The van der Waals surface area contributed by atoms with Crippen molar-refractivity contribution in [3.8, 4) is 0 Å². The Hall–Kier alpha value is -1.95. The molecule has 2 heterocycles. The van der Waals surface area contributed by atoms with Crippen LogP contribution in [-0.2, 0) is 9.59 Å². The third-order valence-electron chi connectivity index (χ3n) is 5.98. The van der Waals surface area contributed by atoms with Gasteiger partial charge in [0.1, 0.15) is 5.82 Å². The van der Waals surface area contributed by atoms with Crippen LogP contribution in [0.25, 0.3) is 0 Å². The number of piperazine rings is 1. The number of anilines is 1. The second-order valence-electron chi connectivity index (χ2n) is 7.45. The average molecular weight is 346 g/mol. The molecule has 0 unspecified atom stereocenters. The number of nitrogens with one attached hydrogen (secondary N) is 1. The number of quaternary nitrogens is 1. The van der Waals surface area contributed by atoms with Crippen molar-refractivity contribution in [3.05, 3.63) is 30.1 Å². The summed E-state index contributed by atoms with van der Waals surface area (Å²) in [5, 5.41) is 0. The van der Waals surface area contributed by atoms with Crippen molar-refractivity contribution < 1.29 is 18.9 Å². The molecule has 0 bridgehead atoms. The summed E-state index contributed by atoms with van der Waals surface area (Å²) >= 11 is 0. The van der Waals surface area contributed by atoms with Crippen LogP contribution < -0.4 is 9.80 Å². The summed E-state index contributed by atoms with van der Waals surface area (Å²) in [5.74, 6) is -0.252. The Labute approximate surface area is 147 Å². The molecule has 2 atom stereocenters. The molecule has 4 rings (SSSR count). The standard InChI is InChI=1S/C19H24FN3O2/c20-16-7-3-4-8-17(16)22-11-9-21(10-12-22)13-23-18(24)14-5-1-2-6-15(14)19(23)25/h3-4,7-8,14-15H,1-2,5-6,9-13H2/p+1/t14-,15-/m1/s1. The first-order valence-corrected chi connectivity index (χ1v) is 9.33. The lowest BCUT2D eigenvalue weighted by Crippen LogP contribution is -3.16. The Bertz CT molecular complexity index is 648. The monoisotopic (exact) mass is 346 g/mol. The van der Waals surface area contributed by atoms with Crippen molar-refractivity contribution in [2.75, 3.05) is 37.7 Å². The van der Waals surface area contributed by atoms with Crippen LogP contribution in [-0.4, -0.2) is 49.6 Å². The van der Waals surface area contributed by atoms with Gasteiger partial charge in [0.25, 0.3) is 0 Å². The van der Waals surface area contributed by atoms with Crippen LogP contribution in [0.15, 0.2) is 24.3 Å². The number of benzene rings is 1. The van der Waals surface area contributed by atoms with Crippen molar-refractivity contribution in [2.45, 2.75) is 25.7 Å². The SMILES string of the molecule is O=C1[C@@H]2CCCC[C@H]2C(=O)N1C[NH+]1CCN(c2ccccc2F)CC1. The number of imide groups is 1. The van der Waals surface area contributed by atoms with Gasteiger partial charge in [0, 0.05) is 0 Å². The van der Waals surface area contributed by atoms with Gasteiger partial charge in [0.2, 0.25) is 11.8 Å². The largest absolute Gasteiger partial charge is 0.358 e. The first kappa shape index (κ1) is 16.5. The molecule has 2 amide bonds. The van der Waals surface area contributed by atoms with E-state index in [-0.39, 0.29) is 29.5 Å². The number of likely N-dealkylation sites (tertiary alicyclic amines) is 1. The van der Waals surface area contributed by atoms with Gasteiger partial charge in [-0.1, -0.05) is 25.0 Å². The molecule has 0 radical (unpaired) electrons. The maximum atomic E-state index is 13.9. The van der Waals surface area contributed by atoms with Crippen LogP contribution in [0, 0.1) is 17.7 Å². The quantitative estimate of drug-likeness (QED) is 0.818. The zero-order valence-electron chi connectivity index (χ0n) is 14.4. The van der Waals surface area contributed by atoms with Crippen LogP contribution in [0.3, 0.4) is 0 Å². The van der Waals surface area contributed by atoms with Gasteiger partial charge in [0.15, 0.2) is 6.67 Å². The minimum atomic E-state index is -0.195. The highest BCUT2D eigenvalue weighted by atomic mass is 19.1. The van der Waals surface area contributed by atoms with E-state index in [2.05, 4.69) is 0 Å². The Morgan fingerprint density at radius 3 is 2.20 bits per heavy atom. The fourth-order valence-electron chi connectivity index (χ4n) is 4.54. The highest BCUT2D eigenvalue weighted by Crippen LogP contribution is 2.37. The topological polar surface area (TPSA) is 45.1 Å². The van der Waals surface area contributed by atoms with Gasteiger partial charge in [-0.05, 0) is 25.0 Å². The molecule has 0 spiro atoms. The van der Waals surface area contributed by atoms with E-state index in [0.29, 0.717) is 12.4 Å². The van der Waals surface area contributed by atoms with E-state index in [1.807, 2.05) is 11.0 Å². The van der Waals surface area contributed by atoms with E-state index in [1.165, 1.54) is 15.9 Å². The van der Waals surface area contributed by atoms with Gasteiger partial charge in [-0.25, -0.2) is 9.29 Å². The third kappa shape index (κ3) is 3.03. The van der Waals surface area contributed by atoms with E-state index in [0.717, 1.165) is 51.9 Å². The van der Waals surface area contributed by atoms with E-state index in [4.69, 9.17) is 0 Å². The Kier molecular flexibility index (Phi) is 4.46. The van der Waals surface area contributed by atoms with Gasteiger partial charge in [0.05, 0.1) is 43.7 Å². The predicted molar refractivity (Wildman–Crippen MR) is 91.5 cm³/mol. The summed E-state index contributed by atoms with van der Waals surface area (Å²) in [6, 6.07) is 6.84. The molecule has 1 aliphatic carbocycles. The summed E-state index contributed by atoms with van der Waals surface area (Å²) in [6.45, 7) is 3.55. The second-order valence-corrected chi connectivity index (χ2v) is 7.45. The molecule has 1 N–H and O–H groups in total. The third-order valence-corrected chi connectivity index (χ3v) is 5.98. The second kappa shape index (κ2) is 6.75. The molecule has 25 heavy (non-hydrogen) atoms. The molecular formula is C19H25FN3O2+. The van der Waals surface area contributed by atoms with Crippen LogP contribution >= 0.6 is 0 Å². The molecule has 134 valence electrons. The fourth-order valence-corrected chi connectivity index (χ4v) is 4.54. The van der Waals surface area contributed by atoms with Crippen LogP contribution in [0.1, 0.15) is 25.7 Å². The van der Waals surface area contributed by atoms with Crippen molar-refractivity contribution in [3.63, 3.8) is 0 Å². The molecule has 0 aromatic heterocycles. The van der Waals surface area contributed by atoms with Crippen LogP contribution in [0.4, 0.5) is 10.1 Å². The molecule has 1 aromatic carbocycles. The summed E-state index contributed by atoms with van der Waals surface area (Å²) in [6.07, 6.45) is 3.84. The average Bonchev–Trinajstić information content (AvgIpc) is 2.88. The van der Waals surface area contributed by atoms with E-state index < -0.39 is 0 Å². The van der Waals surface area contributed by atoms with Crippen molar-refractivity contribution in [1.82, 2.24) is 4.90 Å². The summed E-state index contributed by atoms with van der Waals surface area (Å²) < 4.78 is 13.9. The number of hydrogen-bond acceptors (Lipinski definition) is 3. The number of rotatable bonds is 3. The lowest BCUT2D eigenvalue weighted by molar-refractivity contribution is -0.908. The van der Waals surface area contributed by atoms with Gasteiger partial charge >= 0.3 is 0 Å². The number of para-hydroxylation sites is 1. The number of carbonyl (C=O) groups excluding carboxylic acids is 2. The molecular weight excluding hydrogens is 321 g/mol. The van der Waals surface area contributed by atoms with Crippen LogP contribution in [0.5, 0.6) is 0 Å². The summed E-state index contributed by atoms with van der Waals surface area (Å²) in [5.41, 5.74) is 0.640. The lowest BCUT2D eigenvalue weighted by Gasteiger charge is -2.35. The predicted octanol–water partition coefficient (Wildman–Crippen LogP) is 0.663. The van der Waals surface area contributed by atoms with Gasteiger partial charge in [-0.2, -0.15) is 0 Å². The van der Waals surface area contributed by atoms with Gasteiger partial charge < -0.3 is 9.80 Å². The molecule has 2 saturated heterocycles. The molecule has 2 aliphatic heterocycles. The maximum absolute atomic E-state index is 13.9. The van der Waals surface area contributed by atoms with E-state index in [1.54, 1.807) is 12.1 Å². The zero-order valence-corrected chi connectivity index (χ0v) is 14.4. The first-order chi connectivity index (χ1) is 12.1. The Morgan fingerprint density at radius 2 is 1.60 bits per heavy atom. The highest BCUT2D eigenvalue weighted by molar-refractivity contribution is 6.05. The van der Waals surface area contributed by atoms with Gasteiger partial charge in [-0.15, -0.1) is 0 Å². The maximum Gasteiger partial charge on any atom is 0.237 e. The number of fused-ring (bicyclic) bond motifs is 1. The minimum absolute atomic E-state index is 0.0405. The lowest BCUT2D eigenvalue weighted by atomic mass is 9.81. The number of nitrogens with zero attached hydrogens (tertiary/aromatic N) is 2. The number of hydrogen-bond donors (Lipinski definition) is 1. The van der Waals surface area contributed by atoms with Crippen molar-refractivity contribution >= 4 is 17.5 Å². The highest BCUT2D eigenvalue weighted by Gasteiger charge is 2.49. The Morgan fingerprint density at radius 1 is 1.00 bits per heavy atom. The Balaban J connectivity index is 1.37.